The first-order valence-electron chi connectivity index (χ1n) is 14.6. The summed E-state index contributed by atoms with van der Waals surface area (Å²) in [6.45, 7) is 5.30. The molecular weight excluding hydrogens is 642 g/mol. The number of pyridine rings is 1. The topological polar surface area (TPSA) is 156 Å². The lowest BCUT2D eigenvalue weighted by molar-refractivity contribution is 0.0996. The van der Waals surface area contributed by atoms with Gasteiger partial charge in [0.15, 0.2) is 0 Å². The second-order valence-corrected chi connectivity index (χ2v) is 13.0. The number of halogens is 3. The summed E-state index contributed by atoms with van der Waals surface area (Å²) in [5, 5.41) is 5.25. The minimum absolute atomic E-state index is 0. The molecule has 1 aromatic heterocycles. The smallest absolute Gasteiger partial charge is 0.319 e. The number of nitrogens with one attached hydrogen (secondary N) is 3. The number of urea groups is 1. The highest BCUT2D eigenvalue weighted by Crippen LogP contribution is 2.28. The summed E-state index contributed by atoms with van der Waals surface area (Å²) in [6, 6.07) is 9.50. The van der Waals surface area contributed by atoms with E-state index in [2.05, 4.69) is 32.2 Å². The van der Waals surface area contributed by atoms with Crippen LogP contribution in [0.2, 0.25) is 0 Å². The summed E-state index contributed by atoms with van der Waals surface area (Å²) >= 11 is 0. The highest BCUT2D eigenvalue weighted by atomic mass is 35.5. The van der Waals surface area contributed by atoms with Gasteiger partial charge in [-0.1, -0.05) is 25.8 Å². The van der Waals surface area contributed by atoms with Gasteiger partial charge in [-0.3, -0.25) is 14.4 Å². The highest BCUT2D eigenvalue weighted by Gasteiger charge is 2.29. The van der Waals surface area contributed by atoms with E-state index in [1.54, 1.807) is 30.5 Å². The van der Waals surface area contributed by atoms with Gasteiger partial charge in [-0.15, -0.1) is 12.4 Å². The number of hydrogen-bond donors (Lipinski definition) is 4. The van der Waals surface area contributed by atoms with Gasteiger partial charge in [0.1, 0.15) is 17.4 Å². The molecule has 0 saturated carbocycles. The molecule has 1 fully saturated rings. The number of hydrogen-bond acceptors (Lipinski definition) is 7. The minimum Gasteiger partial charge on any atom is -0.439 e. The number of ether oxygens (including phenoxy) is 1. The average Bonchev–Trinajstić information content (AvgIpc) is 2.96. The molecule has 250 valence electrons. The third kappa shape index (κ3) is 10.3. The zero-order valence-corrected chi connectivity index (χ0v) is 27.4. The Morgan fingerprint density at radius 2 is 1.89 bits per heavy atom. The molecule has 11 nitrogen and oxygen atoms in total. The molecule has 3 aromatic rings. The van der Waals surface area contributed by atoms with Crippen LogP contribution in [-0.4, -0.2) is 55.1 Å². The van der Waals surface area contributed by atoms with E-state index in [0.717, 1.165) is 42.7 Å². The largest absolute Gasteiger partial charge is 0.439 e. The van der Waals surface area contributed by atoms with E-state index in [-0.39, 0.29) is 30.2 Å². The maximum atomic E-state index is 14.2. The van der Waals surface area contributed by atoms with Gasteiger partial charge in [-0.05, 0) is 61.6 Å². The van der Waals surface area contributed by atoms with Crippen LogP contribution in [0.3, 0.4) is 0 Å². The third-order valence-electron chi connectivity index (χ3n) is 7.51. The average molecular weight is 681 g/mol. The van der Waals surface area contributed by atoms with Gasteiger partial charge in [-0.25, -0.2) is 27.0 Å². The van der Waals surface area contributed by atoms with Crippen molar-refractivity contribution in [3.05, 3.63) is 77.0 Å². The van der Waals surface area contributed by atoms with E-state index < -0.39 is 39.2 Å². The lowest BCUT2D eigenvalue weighted by atomic mass is 9.93. The van der Waals surface area contributed by atoms with Gasteiger partial charge in [0.25, 0.3) is 5.91 Å². The van der Waals surface area contributed by atoms with Crippen molar-refractivity contribution in [2.45, 2.75) is 64.6 Å². The Hall–Kier alpha value is -4.01. The first-order valence-corrected chi connectivity index (χ1v) is 16.5. The second kappa shape index (κ2) is 16.0. The van der Waals surface area contributed by atoms with Crippen molar-refractivity contribution in [2.75, 3.05) is 22.8 Å². The van der Waals surface area contributed by atoms with Gasteiger partial charge >= 0.3 is 6.03 Å². The van der Waals surface area contributed by atoms with Crippen LogP contribution in [0, 0.1) is 18.6 Å². The number of primary amides is 1. The number of carbonyl (C=O) groups excluding carboxylic acids is 2. The predicted octanol–water partition coefficient (Wildman–Crippen LogP) is 5.70. The number of nitrogens with zero attached hydrogens (tertiary/aromatic N) is 2. The molecule has 2 aromatic carbocycles. The number of sulfonamides is 1. The van der Waals surface area contributed by atoms with Crippen molar-refractivity contribution in [1.29, 1.82) is 0 Å². The molecule has 0 radical (unpaired) electrons. The number of rotatable bonds is 12. The van der Waals surface area contributed by atoms with Crippen molar-refractivity contribution in [3.63, 3.8) is 0 Å². The Kier molecular flexibility index (Phi) is 12.7. The zero-order chi connectivity index (χ0) is 32.7. The normalized spacial score (nSPS) is 16.6. The third-order valence-corrected chi connectivity index (χ3v) is 8.12. The molecule has 1 aliphatic heterocycles. The fourth-order valence-corrected chi connectivity index (χ4v) is 5.86. The standard InChI is InChI=1S/C31H38F2N6O5S.ClH/c1-4-5-6-23-14-21(36-31(41)37-27-15-24(30(34)40)25(32)16-26(27)33)11-12-39(23)18-20-7-10-29(35-17-20)44-28-9-8-22(13-19(28)2)38-45(3,42)43;/h7-10,13,15-17,21,23,38H,4-6,11-12,14,18H2,1-3H3,(H2,34,40)(H2,36,37,41);1H. The molecule has 3 amide bonds. The van der Waals surface area contributed by atoms with Crippen LogP contribution < -0.4 is 25.8 Å². The summed E-state index contributed by atoms with van der Waals surface area (Å²) in [5.74, 6) is -2.21. The Morgan fingerprint density at radius 3 is 2.52 bits per heavy atom. The second-order valence-electron chi connectivity index (χ2n) is 11.2. The van der Waals surface area contributed by atoms with E-state index in [9.17, 15) is 26.8 Å². The Bertz CT molecular complexity index is 1650. The molecule has 0 spiro atoms. The van der Waals surface area contributed by atoms with E-state index >= 15 is 0 Å². The van der Waals surface area contributed by atoms with E-state index in [1.807, 2.05) is 13.0 Å². The van der Waals surface area contributed by atoms with Gasteiger partial charge in [0.2, 0.25) is 15.9 Å². The SMILES string of the molecule is CCCCC1CC(NC(=O)Nc2cc(C(N)=O)c(F)cc2F)CCN1Cc1ccc(Oc2ccc(NS(C)(=O)=O)cc2C)nc1.Cl. The van der Waals surface area contributed by atoms with E-state index in [0.29, 0.717) is 49.3 Å². The number of likely N-dealkylation sites (tertiary alicyclic amines) is 1. The molecule has 2 unspecified atom stereocenters. The summed E-state index contributed by atoms with van der Waals surface area (Å²) in [6.07, 6.45) is 7.16. The Balaban J connectivity index is 0.00000576. The fraction of sp³-hybridized carbons (Fsp3) is 0.387. The van der Waals surface area contributed by atoms with Crippen molar-refractivity contribution in [1.82, 2.24) is 15.2 Å². The number of amides is 3. The number of piperidine rings is 1. The molecule has 1 aliphatic rings. The Morgan fingerprint density at radius 1 is 1.13 bits per heavy atom. The number of aryl methyl sites for hydroxylation is 1. The number of aromatic nitrogens is 1. The number of unbranched alkanes of at least 4 members (excludes halogenated alkanes) is 1. The first-order chi connectivity index (χ1) is 21.3. The maximum Gasteiger partial charge on any atom is 0.319 e. The molecule has 1 saturated heterocycles. The number of carbonyl (C=O) groups is 2. The molecule has 2 atom stereocenters. The minimum atomic E-state index is -3.38. The first kappa shape index (κ1) is 36.5. The van der Waals surface area contributed by atoms with Crippen LogP contribution in [0.4, 0.5) is 25.0 Å². The molecule has 0 aliphatic carbocycles. The van der Waals surface area contributed by atoms with E-state index in [1.165, 1.54) is 0 Å². The lowest BCUT2D eigenvalue weighted by Gasteiger charge is -2.40. The molecule has 4 rings (SSSR count). The van der Waals surface area contributed by atoms with Crippen LogP contribution in [0.1, 0.15) is 60.5 Å². The summed E-state index contributed by atoms with van der Waals surface area (Å²) < 4.78 is 59.4. The maximum absolute atomic E-state index is 14.2. The summed E-state index contributed by atoms with van der Waals surface area (Å²) in [5.41, 5.74) is 6.48. The molecular formula is C31H39ClF2N6O5S. The van der Waals surface area contributed by atoms with Gasteiger partial charge in [-0.2, -0.15) is 0 Å². The van der Waals surface area contributed by atoms with Gasteiger partial charge in [0.05, 0.1) is 17.5 Å². The quantitative estimate of drug-likeness (QED) is 0.191. The molecule has 5 N–H and O–H groups in total. The number of nitrogens with two attached hydrogens (primary N) is 1. The summed E-state index contributed by atoms with van der Waals surface area (Å²) in [4.78, 5) is 30.9. The highest BCUT2D eigenvalue weighted by molar-refractivity contribution is 7.92. The monoisotopic (exact) mass is 680 g/mol. The van der Waals surface area contributed by atoms with Crippen LogP contribution in [0.15, 0.2) is 48.7 Å². The van der Waals surface area contributed by atoms with Crippen molar-refractivity contribution < 1.29 is 31.5 Å². The fourth-order valence-electron chi connectivity index (χ4n) is 5.31. The summed E-state index contributed by atoms with van der Waals surface area (Å²) in [7, 11) is -3.38. The van der Waals surface area contributed by atoms with E-state index in [4.69, 9.17) is 10.5 Å². The van der Waals surface area contributed by atoms with Gasteiger partial charge in [0, 0.05) is 49.2 Å². The van der Waals surface area contributed by atoms with Crippen molar-refractivity contribution >= 4 is 45.7 Å². The lowest BCUT2D eigenvalue weighted by Crippen LogP contribution is -2.50. The van der Waals surface area contributed by atoms with Crippen LogP contribution >= 0.6 is 12.4 Å². The Labute approximate surface area is 273 Å². The number of anilines is 2. The zero-order valence-electron chi connectivity index (χ0n) is 25.8. The molecule has 0 bridgehead atoms. The predicted molar refractivity (Wildman–Crippen MR) is 175 cm³/mol. The van der Waals surface area contributed by atoms with Gasteiger partial charge < -0.3 is 21.1 Å². The number of benzene rings is 2. The molecule has 15 heteroatoms. The van der Waals surface area contributed by atoms with Crippen molar-refractivity contribution in [3.8, 4) is 11.6 Å². The van der Waals surface area contributed by atoms with Crippen LogP contribution in [0.25, 0.3) is 0 Å². The van der Waals surface area contributed by atoms with Crippen molar-refractivity contribution in [2.24, 2.45) is 5.73 Å². The van der Waals surface area contributed by atoms with Crippen LogP contribution in [-0.2, 0) is 16.6 Å². The molecule has 46 heavy (non-hydrogen) atoms. The van der Waals surface area contributed by atoms with Crippen LogP contribution in [0.5, 0.6) is 11.6 Å². The molecule has 2 heterocycles.